The largest absolute Gasteiger partial charge is 0.481 e. The standard InChI is InChI=1S/C16H29NO3/c1-3-5-8-14(4-2)16(20)17-11-6-7-13(12-17)9-10-15(18)19/h13-14H,3-12H2,1-2H3,(H,18,19). The first-order valence-corrected chi connectivity index (χ1v) is 8.09. The number of amides is 1. The number of unbranched alkanes of at least 4 members (excludes halogenated alkanes) is 1. The Balaban J connectivity index is 2.47. The highest BCUT2D eigenvalue weighted by molar-refractivity contribution is 5.78. The number of rotatable bonds is 8. The lowest BCUT2D eigenvalue weighted by atomic mass is 9.91. The molecule has 0 aromatic heterocycles. The van der Waals surface area contributed by atoms with Crippen molar-refractivity contribution in [2.24, 2.45) is 11.8 Å². The number of hydrogen-bond donors (Lipinski definition) is 1. The quantitative estimate of drug-likeness (QED) is 0.743. The van der Waals surface area contributed by atoms with Crippen molar-refractivity contribution in [2.75, 3.05) is 13.1 Å². The van der Waals surface area contributed by atoms with Crippen LogP contribution in [0, 0.1) is 11.8 Å². The molecule has 1 aliphatic heterocycles. The molecule has 0 aliphatic carbocycles. The van der Waals surface area contributed by atoms with E-state index in [0.717, 1.165) is 51.6 Å². The third-order valence-electron chi connectivity index (χ3n) is 4.35. The van der Waals surface area contributed by atoms with E-state index in [-0.39, 0.29) is 12.3 Å². The van der Waals surface area contributed by atoms with Gasteiger partial charge in [0.25, 0.3) is 0 Å². The van der Waals surface area contributed by atoms with Crippen LogP contribution in [0.1, 0.15) is 65.2 Å². The second-order valence-electron chi connectivity index (χ2n) is 5.97. The van der Waals surface area contributed by atoms with Crippen LogP contribution >= 0.6 is 0 Å². The molecule has 4 nitrogen and oxygen atoms in total. The Labute approximate surface area is 122 Å². The Bertz CT molecular complexity index is 317. The van der Waals surface area contributed by atoms with Gasteiger partial charge in [0.15, 0.2) is 0 Å². The van der Waals surface area contributed by atoms with Crippen LogP contribution in [0.4, 0.5) is 0 Å². The molecule has 1 saturated heterocycles. The van der Waals surface area contributed by atoms with Gasteiger partial charge in [-0.15, -0.1) is 0 Å². The Morgan fingerprint density at radius 1 is 1.35 bits per heavy atom. The molecule has 1 amide bonds. The summed E-state index contributed by atoms with van der Waals surface area (Å²) >= 11 is 0. The number of carboxylic acid groups (broad SMARTS) is 1. The molecule has 1 heterocycles. The van der Waals surface area contributed by atoms with Gasteiger partial charge in [-0.2, -0.15) is 0 Å². The SMILES string of the molecule is CCCCC(CC)C(=O)N1CCCC(CCC(=O)O)C1. The molecular formula is C16H29NO3. The topological polar surface area (TPSA) is 57.6 Å². The number of piperidine rings is 1. The van der Waals surface area contributed by atoms with Crippen LogP contribution in [-0.2, 0) is 9.59 Å². The molecule has 2 unspecified atom stereocenters. The van der Waals surface area contributed by atoms with Gasteiger partial charge in [0.05, 0.1) is 0 Å². The number of carbonyl (C=O) groups is 2. The van der Waals surface area contributed by atoms with Gasteiger partial charge in [-0.1, -0.05) is 26.7 Å². The van der Waals surface area contributed by atoms with Gasteiger partial charge in [-0.05, 0) is 38.0 Å². The summed E-state index contributed by atoms with van der Waals surface area (Å²) in [6, 6.07) is 0. The average molecular weight is 283 g/mol. The molecule has 1 rings (SSSR count). The number of hydrogen-bond acceptors (Lipinski definition) is 2. The van der Waals surface area contributed by atoms with Crippen molar-refractivity contribution in [1.29, 1.82) is 0 Å². The highest BCUT2D eigenvalue weighted by Gasteiger charge is 2.27. The molecule has 116 valence electrons. The minimum Gasteiger partial charge on any atom is -0.481 e. The van der Waals surface area contributed by atoms with Crippen molar-refractivity contribution in [3.05, 3.63) is 0 Å². The molecule has 0 aromatic rings. The molecule has 2 atom stereocenters. The molecule has 4 heteroatoms. The molecule has 0 aromatic carbocycles. The molecule has 1 aliphatic rings. The maximum Gasteiger partial charge on any atom is 0.303 e. The van der Waals surface area contributed by atoms with Crippen LogP contribution < -0.4 is 0 Å². The van der Waals surface area contributed by atoms with Gasteiger partial charge < -0.3 is 10.0 Å². The maximum atomic E-state index is 12.5. The first-order valence-electron chi connectivity index (χ1n) is 8.09. The summed E-state index contributed by atoms with van der Waals surface area (Å²) in [6.07, 6.45) is 7.14. The molecule has 0 radical (unpaired) electrons. The van der Waals surface area contributed by atoms with Crippen molar-refractivity contribution in [2.45, 2.75) is 65.2 Å². The number of carboxylic acids is 1. The molecule has 1 N–H and O–H groups in total. The Hall–Kier alpha value is -1.06. The van der Waals surface area contributed by atoms with E-state index in [0.29, 0.717) is 18.2 Å². The number of likely N-dealkylation sites (tertiary alicyclic amines) is 1. The van der Waals surface area contributed by atoms with Crippen molar-refractivity contribution in [3.8, 4) is 0 Å². The number of nitrogens with zero attached hydrogens (tertiary/aromatic N) is 1. The predicted octanol–water partition coefficient (Wildman–Crippen LogP) is 3.31. The average Bonchev–Trinajstić information content (AvgIpc) is 2.46. The zero-order valence-corrected chi connectivity index (χ0v) is 12.9. The Morgan fingerprint density at radius 2 is 2.10 bits per heavy atom. The summed E-state index contributed by atoms with van der Waals surface area (Å²) in [6.45, 7) is 5.85. The van der Waals surface area contributed by atoms with E-state index >= 15 is 0 Å². The van der Waals surface area contributed by atoms with Crippen LogP contribution in [0.3, 0.4) is 0 Å². The van der Waals surface area contributed by atoms with Crippen LogP contribution in [0.5, 0.6) is 0 Å². The highest BCUT2D eigenvalue weighted by atomic mass is 16.4. The van der Waals surface area contributed by atoms with E-state index in [9.17, 15) is 9.59 Å². The molecule has 0 saturated carbocycles. The molecule has 20 heavy (non-hydrogen) atoms. The second-order valence-corrected chi connectivity index (χ2v) is 5.97. The smallest absolute Gasteiger partial charge is 0.303 e. The lowest BCUT2D eigenvalue weighted by Gasteiger charge is -2.35. The van der Waals surface area contributed by atoms with Gasteiger partial charge >= 0.3 is 5.97 Å². The molecule has 0 spiro atoms. The maximum absolute atomic E-state index is 12.5. The first kappa shape index (κ1) is 17.0. The third kappa shape index (κ3) is 5.51. The third-order valence-corrected chi connectivity index (χ3v) is 4.35. The van der Waals surface area contributed by atoms with E-state index < -0.39 is 5.97 Å². The highest BCUT2D eigenvalue weighted by Crippen LogP contribution is 2.24. The van der Waals surface area contributed by atoms with Gasteiger partial charge in [-0.25, -0.2) is 0 Å². The second kappa shape index (κ2) is 8.98. The van der Waals surface area contributed by atoms with E-state index in [1.54, 1.807) is 0 Å². The van der Waals surface area contributed by atoms with Gasteiger partial charge in [-0.3, -0.25) is 9.59 Å². The van der Waals surface area contributed by atoms with Crippen LogP contribution in [0.15, 0.2) is 0 Å². The number of carbonyl (C=O) groups excluding carboxylic acids is 1. The zero-order chi connectivity index (χ0) is 15.0. The van der Waals surface area contributed by atoms with Crippen molar-refractivity contribution >= 4 is 11.9 Å². The normalized spacial score (nSPS) is 20.7. The summed E-state index contributed by atoms with van der Waals surface area (Å²) in [5.41, 5.74) is 0. The van der Waals surface area contributed by atoms with Gasteiger partial charge in [0, 0.05) is 25.4 Å². The van der Waals surface area contributed by atoms with Gasteiger partial charge in [0.2, 0.25) is 5.91 Å². The Morgan fingerprint density at radius 3 is 2.70 bits per heavy atom. The summed E-state index contributed by atoms with van der Waals surface area (Å²) < 4.78 is 0. The lowest BCUT2D eigenvalue weighted by Crippen LogP contribution is -2.43. The summed E-state index contributed by atoms with van der Waals surface area (Å²) in [7, 11) is 0. The summed E-state index contributed by atoms with van der Waals surface area (Å²) in [5.74, 6) is 0.0875. The van der Waals surface area contributed by atoms with E-state index in [2.05, 4.69) is 13.8 Å². The zero-order valence-electron chi connectivity index (χ0n) is 12.9. The first-order chi connectivity index (χ1) is 9.58. The fourth-order valence-corrected chi connectivity index (χ4v) is 3.04. The van der Waals surface area contributed by atoms with Crippen LogP contribution in [0.25, 0.3) is 0 Å². The fourth-order valence-electron chi connectivity index (χ4n) is 3.04. The van der Waals surface area contributed by atoms with Crippen molar-refractivity contribution in [3.63, 3.8) is 0 Å². The van der Waals surface area contributed by atoms with Crippen molar-refractivity contribution in [1.82, 2.24) is 4.90 Å². The monoisotopic (exact) mass is 283 g/mol. The van der Waals surface area contributed by atoms with Gasteiger partial charge in [0.1, 0.15) is 0 Å². The summed E-state index contributed by atoms with van der Waals surface area (Å²) in [4.78, 5) is 25.2. The molecule has 1 fully saturated rings. The van der Waals surface area contributed by atoms with E-state index in [1.807, 2.05) is 4.90 Å². The van der Waals surface area contributed by atoms with Crippen molar-refractivity contribution < 1.29 is 14.7 Å². The van der Waals surface area contributed by atoms with Crippen LogP contribution in [-0.4, -0.2) is 35.0 Å². The molecular weight excluding hydrogens is 254 g/mol. The minimum atomic E-state index is -0.733. The fraction of sp³-hybridized carbons (Fsp3) is 0.875. The van der Waals surface area contributed by atoms with Crippen LogP contribution in [0.2, 0.25) is 0 Å². The van der Waals surface area contributed by atoms with E-state index in [1.165, 1.54) is 0 Å². The minimum absolute atomic E-state index is 0.160. The lowest BCUT2D eigenvalue weighted by molar-refractivity contribution is -0.138. The number of aliphatic carboxylic acids is 1. The summed E-state index contributed by atoms with van der Waals surface area (Å²) in [5, 5.41) is 8.76. The van der Waals surface area contributed by atoms with E-state index in [4.69, 9.17) is 5.11 Å². The predicted molar refractivity (Wildman–Crippen MR) is 79.5 cm³/mol. The molecule has 0 bridgehead atoms. The Kier molecular flexibility index (Phi) is 7.63.